The van der Waals surface area contributed by atoms with Crippen LogP contribution in [0.3, 0.4) is 0 Å². The molecule has 1 aromatic carbocycles. The van der Waals surface area contributed by atoms with Crippen molar-refractivity contribution in [2.75, 3.05) is 12.4 Å². The number of aromatic nitrogens is 2. The number of carbonyl (C=O) groups excluding carboxylic acids is 1. The van der Waals surface area contributed by atoms with Gasteiger partial charge in [-0.15, -0.1) is 0 Å². The molecule has 0 saturated carbocycles. The van der Waals surface area contributed by atoms with E-state index in [0.29, 0.717) is 11.6 Å². The van der Waals surface area contributed by atoms with Crippen molar-refractivity contribution < 1.29 is 13.7 Å². The maximum atomic E-state index is 11.8. The van der Waals surface area contributed by atoms with Gasteiger partial charge in [0.1, 0.15) is 17.4 Å². The zero-order chi connectivity index (χ0) is 17.4. The summed E-state index contributed by atoms with van der Waals surface area (Å²) in [5.74, 6) is 0.266. The second-order valence-corrected chi connectivity index (χ2v) is 6.57. The van der Waals surface area contributed by atoms with Crippen molar-refractivity contribution in [1.29, 1.82) is 0 Å². The van der Waals surface area contributed by atoms with E-state index < -0.39 is 16.7 Å². The minimum atomic E-state index is -1.40. The number of ether oxygens (including phenoxy) is 1. The Hall–Kier alpha value is -2.19. The van der Waals surface area contributed by atoms with Gasteiger partial charge in [-0.3, -0.25) is 13.7 Å². The highest BCUT2D eigenvalue weighted by atomic mass is 35.5. The van der Waals surface area contributed by atoms with E-state index in [-0.39, 0.29) is 11.6 Å². The van der Waals surface area contributed by atoms with E-state index in [1.54, 1.807) is 6.20 Å². The van der Waals surface area contributed by atoms with Gasteiger partial charge in [-0.25, -0.2) is 5.43 Å². The van der Waals surface area contributed by atoms with Crippen molar-refractivity contribution in [2.24, 2.45) is 5.10 Å². The van der Waals surface area contributed by atoms with Crippen LogP contribution in [-0.2, 0) is 21.5 Å². The number of rotatable bonds is 8. The lowest BCUT2D eigenvalue weighted by Gasteiger charge is -2.03. The molecule has 0 aliphatic heterocycles. The lowest BCUT2D eigenvalue weighted by molar-refractivity contribution is -0.118. The third kappa shape index (κ3) is 6.13. The summed E-state index contributed by atoms with van der Waals surface area (Å²) in [6, 6.07) is 7.27. The van der Waals surface area contributed by atoms with Gasteiger partial charge in [0.05, 0.1) is 34.8 Å². The van der Waals surface area contributed by atoms with Crippen LogP contribution in [0.1, 0.15) is 12.5 Å². The summed E-state index contributed by atoms with van der Waals surface area (Å²) in [5, 5.41) is 8.20. The molecule has 0 spiro atoms. The highest BCUT2D eigenvalue weighted by molar-refractivity contribution is 7.84. The van der Waals surface area contributed by atoms with Gasteiger partial charge < -0.3 is 4.74 Å². The molecule has 128 valence electrons. The fraction of sp³-hybridized carbons (Fsp3) is 0.267. The number of nitrogens with one attached hydrogen (secondary N) is 1. The molecule has 0 aliphatic rings. The van der Waals surface area contributed by atoms with Crippen LogP contribution in [0, 0.1) is 0 Å². The van der Waals surface area contributed by atoms with Gasteiger partial charge in [-0.05, 0) is 36.8 Å². The van der Waals surface area contributed by atoms with Gasteiger partial charge in [0, 0.05) is 6.20 Å². The Morgan fingerprint density at radius 2 is 2.21 bits per heavy atom. The second-order valence-electron chi connectivity index (χ2n) is 4.71. The van der Waals surface area contributed by atoms with Crippen LogP contribution in [0.5, 0.6) is 5.75 Å². The van der Waals surface area contributed by atoms with Gasteiger partial charge in [0.25, 0.3) is 5.91 Å². The Balaban J connectivity index is 1.76. The number of nitrogens with zero attached hydrogens (tertiary/aromatic N) is 3. The lowest BCUT2D eigenvalue weighted by atomic mass is 10.2. The molecule has 1 N–H and O–H groups in total. The molecule has 2 rings (SSSR count). The maximum absolute atomic E-state index is 11.8. The fourth-order valence-corrected chi connectivity index (χ4v) is 2.82. The SMILES string of the molecule is CCOc1ccc(/C=N/NC(=O)CS(=O)Cn2cc(Cl)cn2)cc1. The van der Waals surface area contributed by atoms with Gasteiger partial charge in [0.15, 0.2) is 0 Å². The molecule has 0 saturated heterocycles. The average Bonchev–Trinajstić information content (AvgIpc) is 2.94. The molecule has 7 nitrogen and oxygen atoms in total. The van der Waals surface area contributed by atoms with E-state index >= 15 is 0 Å². The van der Waals surface area contributed by atoms with E-state index in [2.05, 4.69) is 15.6 Å². The van der Waals surface area contributed by atoms with E-state index in [0.717, 1.165) is 11.3 Å². The first-order valence-electron chi connectivity index (χ1n) is 7.14. The third-order valence-electron chi connectivity index (χ3n) is 2.76. The van der Waals surface area contributed by atoms with Gasteiger partial charge in [-0.2, -0.15) is 10.2 Å². The average molecular weight is 369 g/mol. The van der Waals surface area contributed by atoms with Gasteiger partial charge in [0.2, 0.25) is 0 Å². The quantitative estimate of drug-likeness (QED) is 0.568. The lowest BCUT2D eigenvalue weighted by Crippen LogP contribution is -2.25. The normalized spacial score (nSPS) is 12.2. The van der Waals surface area contributed by atoms with Crippen molar-refractivity contribution in [3.8, 4) is 5.75 Å². The summed E-state index contributed by atoms with van der Waals surface area (Å²) in [6.45, 7) is 2.52. The molecule has 1 amide bonds. The van der Waals surface area contributed by atoms with E-state index in [4.69, 9.17) is 16.3 Å². The highest BCUT2D eigenvalue weighted by Gasteiger charge is 2.08. The van der Waals surface area contributed by atoms with Crippen molar-refractivity contribution in [1.82, 2.24) is 15.2 Å². The minimum Gasteiger partial charge on any atom is -0.494 e. The molecule has 0 aliphatic carbocycles. The summed E-state index contributed by atoms with van der Waals surface area (Å²) in [5.41, 5.74) is 3.15. The van der Waals surface area contributed by atoms with Crippen LogP contribution in [0.25, 0.3) is 0 Å². The molecule has 1 aromatic heterocycles. The summed E-state index contributed by atoms with van der Waals surface area (Å²) in [6.07, 6.45) is 4.49. The van der Waals surface area contributed by atoms with Gasteiger partial charge in [-0.1, -0.05) is 11.6 Å². The number of benzene rings is 1. The van der Waals surface area contributed by atoms with Crippen molar-refractivity contribution in [3.63, 3.8) is 0 Å². The van der Waals surface area contributed by atoms with E-state index in [1.165, 1.54) is 17.1 Å². The molecular weight excluding hydrogens is 352 g/mol. The molecule has 0 fully saturated rings. The van der Waals surface area contributed by atoms with Crippen molar-refractivity contribution in [2.45, 2.75) is 12.8 Å². The molecule has 9 heteroatoms. The van der Waals surface area contributed by atoms with Crippen LogP contribution < -0.4 is 10.2 Å². The Labute approximate surface area is 147 Å². The predicted octanol–water partition coefficient (Wildman–Crippen LogP) is 1.79. The molecule has 1 unspecified atom stereocenters. The zero-order valence-corrected chi connectivity index (χ0v) is 14.6. The second kappa shape index (κ2) is 9.19. The van der Waals surface area contributed by atoms with Crippen LogP contribution in [0.2, 0.25) is 5.02 Å². The molecule has 1 atom stereocenters. The largest absolute Gasteiger partial charge is 0.494 e. The number of hydrazone groups is 1. The fourth-order valence-electron chi connectivity index (χ4n) is 1.78. The van der Waals surface area contributed by atoms with Crippen LogP contribution in [-0.4, -0.2) is 38.5 Å². The van der Waals surface area contributed by atoms with Crippen LogP contribution >= 0.6 is 11.6 Å². The minimum absolute atomic E-state index is 0.0999. The molecule has 2 aromatic rings. The molecular formula is C15H17ClN4O3S. The Kier molecular flexibility index (Phi) is 6.95. The summed E-state index contributed by atoms with van der Waals surface area (Å²) >= 11 is 5.72. The third-order valence-corrected chi connectivity index (χ3v) is 4.10. The summed E-state index contributed by atoms with van der Waals surface area (Å²) in [7, 11) is -1.40. The number of hydrogen-bond acceptors (Lipinski definition) is 5. The molecule has 0 radical (unpaired) electrons. The van der Waals surface area contributed by atoms with Crippen molar-refractivity contribution >= 4 is 34.5 Å². The first-order chi connectivity index (χ1) is 11.6. The van der Waals surface area contributed by atoms with Crippen molar-refractivity contribution in [3.05, 3.63) is 47.2 Å². The number of amides is 1. The summed E-state index contributed by atoms with van der Waals surface area (Å²) in [4.78, 5) is 11.7. The Morgan fingerprint density at radius 1 is 1.46 bits per heavy atom. The Morgan fingerprint density at radius 3 is 2.83 bits per heavy atom. The van der Waals surface area contributed by atoms with Crippen LogP contribution in [0.15, 0.2) is 41.8 Å². The monoisotopic (exact) mass is 368 g/mol. The topological polar surface area (TPSA) is 85.6 Å². The van der Waals surface area contributed by atoms with Gasteiger partial charge >= 0.3 is 0 Å². The number of carbonyl (C=O) groups is 1. The van der Waals surface area contributed by atoms with E-state index in [1.807, 2.05) is 31.2 Å². The molecule has 1 heterocycles. The first-order valence-corrected chi connectivity index (χ1v) is 9.01. The predicted molar refractivity (Wildman–Crippen MR) is 93.6 cm³/mol. The summed E-state index contributed by atoms with van der Waals surface area (Å²) < 4.78 is 18.6. The number of halogens is 1. The maximum Gasteiger partial charge on any atom is 0.252 e. The molecule has 0 bridgehead atoms. The van der Waals surface area contributed by atoms with Crippen LogP contribution in [0.4, 0.5) is 0 Å². The Bertz CT molecular complexity index is 731. The number of hydrogen-bond donors (Lipinski definition) is 1. The first kappa shape index (κ1) is 18.2. The highest BCUT2D eigenvalue weighted by Crippen LogP contribution is 2.10. The standard InChI is InChI=1S/C15H17ClN4O3S/c1-2-23-14-5-3-12(4-6-14)7-17-19-15(21)10-24(22)11-20-9-13(16)8-18-20/h3-9H,2,10-11H2,1H3,(H,19,21)/b17-7+. The molecule has 24 heavy (non-hydrogen) atoms. The zero-order valence-electron chi connectivity index (χ0n) is 13.0. The van der Waals surface area contributed by atoms with E-state index in [9.17, 15) is 9.00 Å². The smallest absolute Gasteiger partial charge is 0.252 e.